The second-order valence-electron chi connectivity index (χ2n) is 4.29. The van der Waals surface area contributed by atoms with E-state index in [-0.39, 0.29) is 27.7 Å². The summed E-state index contributed by atoms with van der Waals surface area (Å²) in [6.45, 7) is 0. The number of non-ortho nitro benzene ring substituents is 1. The van der Waals surface area contributed by atoms with E-state index in [4.69, 9.17) is 33.8 Å². The molecule has 0 saturated heterocycles. The van der Waals surface area contributed by atoms with Crippen molar-refractivity contribution in [2.24, 2.45) is 10.9 Å². The van der Waals surface area contributed by atoms with Gasteiger partial charge in [-0.25, -0.2) is 4.79 Å². The number of oxime groups is 1. The lowest BCUT2D eigenvalue weighted by Gasteiger charge is -2.03. The summed E-state index contributed by atoms with van der Waals surface area (Å²) in [7, 11) is 0. The lowest BCUT2D eigenvalue weighted by Crippen LogP contribution is -2.15. The van der Waals surface area contributed by atoms with Crippen LogP contribution in [0.15, 0.2) is 47.6 Å². The van der Waals surface area contributed by atoms with Crippen LogP contribution < -0.4 is 5.73 Å². The highest BCUT2D eigenvalue weighted by Crippen LogP contribution is 2.21. The van der Waals surface area contributed by atoms with Crippen molar-refractivity contribution in [1.29, 1.82) is 0 Å². The van der Waals surface area contributed by atoms with Gasteiger partial charge in [-0.1, -0.05) is 40.5 Å². The van der Waals surface area contributed by atoms with Crippen LogP contribution in [0.2, 0.25) is 10.0 Å². The highest BCUT2D eigenvalue weighted by Gasteiger charge is 2.13. The van der Waals surface area contributed by atoms with E-state index in [2.05, 4.69) is 5.16 Å². The number of nitrogens with zero attached hydrogens (tertiary/aromatic N) is 2. The highest BCUT2D eigenvalue weighted by atomic mass is 35.5. The molecule has 0 amide bonds. The average Bonchev–Trinajstić information content (AvgIpc) is 2.52. The van der Waals surface area contributed by atoms with Crippen LogP contribution in [-0.4, -0.2) is 16.7 Å². The fourth-order valence-corrected chi connectivity index (χ4v) is 2.11. The molecular formula is C14H9Cl2N3O4. The van der Waals surface area contributed by atoms with Crippen molar-refractivity contribution in [1.82, 2.24) is 0 Å². The monoisotopic (exact) mass is 353 g/mol. The zero-order chi connectivity index (χ0) is 17.0. The molecule has 0 aliphatic rings. The predicted molar refractivity (Wildman–Crippen MR) is 85.7 cm³/mol. The molecule has 2 aromatic carbocycles. The molecule has 2 aromatic rings. The van der Waals surface area contributed by atoms with Gasteiger partial charge in [0.15, 0.2) is 5.84 Å². The first-order valence-corrected chi connectivity index (χ1v) is 6.89. The molecule has 118 valence electrons. The number of carbonyl (C=O) groups is 1. The summed E-state index contributed by atoms with van der Waals surface area (Å²) in [5.74, 6) is -1.02. The first-order valence-electron chi connectivity index (χ1n) is 6.13. The number of nitro groups is 1. The van der Waals surface area contributed by atoms with Crippen LogP contribution in [0.4, 0.5) is 5.69 Å². The molecule has 0 aliphatic carbocycles. The maximum Gasteiger partial charge on any atom is 0.367 e. The van der Waals surface area contributed by atoms with Gasteiger partial charge in [0.25, 0.3) is 5.69 Å². The molecule has 0 aromatic heterocycles. The molecule has 0 unspecified atom stereocenters. The number of nitro benzene ring substituents is 1. The number of amidine groups is 1. The summed E-state index contributed by atoms with van der Waals surface area (Å²) in [5, 5.41) is 14.6. The van der Waals surface area contributed by atoms with Crippen LogP contribution in [0, 0.1) is 10.1 Å². The Morgan fingerprint density at radius 1 is 1.22 bits per heavy atom. The first kappa shape index (κ1) is 16.7. The van der Waals surface area contributed by atoms with Crippen LogP contribution in [0.3, 0.4) is 0 Å². The molecule has 0 bridgehead atoms. The van der Waals surface area contributed by atoms with Gasteiger partial charge >= 0.3 is 5.97 Å². The van der Waals surface area contributed by atoms with Gasteiger partial charge in [0.1, 0.15) is 0 Å². The van der Waals surface area contributed by atoms with Gasteiger partial charge in [0, 0.05) is 22.7 Å². The number of halogens is 2. The minimum atomic E-state index is -0.833. The fourth-order valence-electron chi connectivity index (χ4n) is 1.63. The lowest BCUT2D eigenvalue weighted by atomic mass is 10.2. The van der Waals surface area contributed by atoms with Crippen LogP contribution in [0.25, 0.3) is 0 Å². The Labute approximate surface area is 140 Å². The summed E-state index contributed by atoms with van der Waals surface area (Å²) >= 11 is 11.6. The lowest BCUT2D eigenvalue weighted by molar-refractivity contribution is -0.384. The summed E-state index contributed by atoms with van der Waals surface area (Å²) in [6, 6.07) is 9.68. The molecular weight excluding hydrogens is 345 g/mol. The molecule has 0 heterocycles. The average molecular weight is 354 g/mol. The van der Waals surface area contributed by atoms with Crippen LogP contribution >= 0.6 is 23.2 Å². The number of nitrogens with two attached hydrogens (primary N) is 1. The largest absolute Gasteiger partial charge is 0.380 e. The number of rotatable bonds is 4. The summed E-state index contributed by atoms with van der Waals surface area (Å²) in [4.78, 5) is 26.7. The third-order valence-electron chi connectivity index (χ3n) is 2.73. The summed E-state index contributed by atoms with van der Waals surface area (Å²) in [6.07, 6.45) is 0. The Morgan fingerprint density at radius 3 is 2.61 bits per heavy atom. The van der Waals surface area contributed by atoms with Crippen molar-refractivity contribution in [2.45, 2.75) is 0 Å². The molecule has 0 radical (unpaired) electrons. The normalized spacial score (nSPS) is 11.1. The van der Waals surface area contributed by atoms with E-state index in [9.17, 15) is 14.9 Å². The predicted octanol–water partition coefficient (Wildman–Crippen LogP) is 3.38. The van der Waals surface area contributed by atoms with E-state index < -0.39 is 10.9 Å². The number of carbonyl (C=O) groups excluding carboxylic acids is 1. The quantitative estimate of drug-likeness (QED) is 0.298. The van der Waals surface area contributed by atoms with E-state index in [0.717, 1.165) is 0 Å². The number of hydrogen-bond donors (Lipinski definition) is 1. The molecule has 0 aliphatic heterocycles. The molecule has 0 saturated carbocycles. The van der Waals surface area contributed by atoms with Gasteiger partial charge in [0.2, 0.25) is 0 Å². The zero-order valence-corrected chi connectivity index (χ0v) is 12.9. The van der Waals surface area contributed by atoms with E-state index in [1.165, 1.54) is 42.5 Å². The van der Waals surface area contributed by atoms with Crippen LogP contribution in [0.5, 0.6) is 0 Å². The fraction of sp³-hybridized carbons (Fsp3) is 0. The minimum Gasteiger partial charge on any atom is -0.380 e. The van der Waals surface area contributed by atoms with Gasteiger partial charge in [-0.3, -0.25) is 10.1 Å². The van der Waals surface area contributed by atoms with Gasteiger partial charge in [0.05, 0.1) is 15.5 Å². The number of benzene rings is 2. The van der Waals surface area contributed by atoms with Crippen molar-refractivity contribution < 1.29 is 14.6 Å². The Balaban J connectivity index is 2.17. The molecule has 7 nitrogen and oxygen atoms in total. The SMILES string of the molecule is N/C(=N\OC(=O)c1ccc(Cl)cc1Cl)c1cccc([N+](=O)[O-])c1. The topological polar surface area (TPSA) is 108 Å². The summed E-state index contributed by atoms with van der Waals surface area (Å²) in [5.41, 5.74) is 5.80. The second-order valence-corrected chi connectivity index (χ2v) is 5.13. The molecule has 0 fully saturated rings. The third-order valence-corrected chi connectivity index (χ3v) is 3.28. The third kappa shape index (κ3) is 4.18. The zero-order valence-electron chi connectivity index (χ0n) is 11.4. The van der Waals surface area contributed by atoms with Gasteiger partial charge in [-0.15, -0.1) is 0 Å². The molecule has 9 heteroatoms. The van der Waals surface area contributed by atoms with E-state index in [0.29, 0.717) is 5.02 Å². The van der Waals surface area contributed by atoms with Crippen LogP contribution in [0.1, 0.15) is 15.9 Å². The van der Waals surface area contributed by atoms with E-state index >= 15 is 0 Å². The Bertz CT molecular complexity index is 808. The second kappa shape index (κ2) is 7.08. The molecule has 2 N–H and O–H groups in total. The Kier molecular flexibility index (Phi) is 5.15. The summed E-state index contributed by atoms with van der Waals surface area (Å²) < 4.78 is 0. The van der Waals surface area contributed by atoms with Crippen molar-refractivity contribution in [2.75, 3.05) is 0 Å². The Hall–Kier alpha value is -2.64. The smallest absolute Gasteiger partial charge is 0.367 e. The van der Waals surface area contributed by atoms with Gasteiger partial charge < -0.3 is 10.6 Å². The van der Waals surface area contributed by atoms with Gasteiger partial charge in [-0.05, 0) is 18.2 Å². The van der Waals surface area contributed by atoms with E-state index in [1.807, 2.05) is 0 Å². The van der Waals surface area contributed by atoms with E-state index in [1.54, 1.807) is 0 Å². The molecule has 2 rings (SSSR count). The molecule has 0 spiro atoms. The maximum atomic E-state index is 11.9. The van der Waals surface area contributed by atoms with Crippen molar-refractivity contribution in [3.8, 4) is 0 Å². The maximum absolute atomic E-state index is 11.9. The van der Waals surface area contributed by atoms with Gasteiger partial charge in [-0.2, -0.15) is 0 Å². The highest BCUT2D eigenvalue weighted by molar-refractivity contribution is 6.36. The van der Waals surface area contributed by atoms with Crippen molar-refractivity contribution in [3.63, 3.8) is 0 Å². The first-order chi connectivity index (χ1) is 10.9. The Morgan fingerprint density at radius 2 is 1.96 bits per heavy atom. The molecule has 23 heavy (non-hydrogen) atoms. The number of hydrogen-bond acceptors (Lipinski definition) is 5. The van der Waals surface area contributed by atoms with Crippen molar-refractivity contribution >= 4 is 40.7 Å². The van der Waals surface area contributed by atoms with Crippen LogP contribution in [-0.2, 0) is 4.84 Å². The van der Waals surface area contributed by atoms with Crippen molar-refractivity contribution in [3.05, 3.63) is 73.8 Å². The minimum absolute atomic E-state index is 0.0617. The molecule has 0 atom stereocenters. The standard InChI is InChI=1S/C14H9Cl2N3O4/c15-9-4-5-11(12(16)7-9)14(20)23-18-13(17)8-2-1-3-10(6-8)19(21)22/h1-7H,(H2,17,18).